The fourth-order valence-electron chi connectivity index (χ4n) is 3.98. The zero-order valence-electron chi connectivity index (χ0n) is 21.4. The second-order valence-electron chi connectivity index (χ2n) is 8.85. The number of nitrogens with zero attached hydrogens (tertiary/aromatic N) is 2. The van der Waals surface area contributed by atoms with Crippen LogP contribution in [-0.4, -0.2) is 63.7 Å². The molecule has 0 radical (unpaired) electrons. The van der Waals surface area contributed by atoms with Gasteiger partial charge < -0.3 is 19.7 Å². The van der Waals surface area contributed by atoms with E-state index in [1.807, 2.05) is 6.92 Å². The first-order valence-electron chi connectivity index (χ1n) is 12.3. The summed E-state index contributed by atoms with van der Waals surface area (Å²) in [5, 5.41) is 2.77. The van der Waals surface area contributed by atoms with Crippen LogP contribution in [0.3, 0.4) is 0 Å². The fourth-order valence-corrected chi connectivity index (χ4v) is 4.94. The zero-order valence-corrected chi connectivity index (χ0v) is 22.2. The Hall–Kier alpha value is -3.34. The van der Waals surface area contributed by atoms with Crippen LogP contribution >= 0.6 is 0 Å². The van der Waals surface area contributed by atoms with Gasteiger partial charge in [0.15, 0.2) is 11.5 Å². The molecule has 3 rings (SSSR count). The van der Waals surface area contributed by atoms with Gasteiger partial charge in [-0.2, -0.15) is 0 Å². The van der Waals surface area contributed by atoms with E-state index < -0.39 is 21.9 Å². The van der Waals surface area contributed by atoms with Gasteiger partial charge in [0.25, 0.3) is 0 Å². The molecule has 0 aromatic heterocycles. The fraction of sp³-hybridized carbons (Fsp3) is 0.462. The first-order valence-corrected chi connectivity index (χ1v) is 14.1. The van der Waals surface area contributed by atoms with Gasteiger partial charge in [0.05, 0.1) is 11.9 Å². The molecule has 2 aromatic rings. The number of halogens is 1. The highest BCUT2D eigenvalue weighted by Crippen LogP contribution is 2.34. The number of benzene rings is 2. The molecule has 1 unspecified atom stereocenters. The maximum Gasteiger partial charge on any atom is 0.242 e. The minimum absolute atomic E-state index is 0.0313. The first-order chi connectivity index (χ1) is 17.6. The third-order valence-electron chi connectivity index (χ3n) is 5.98. The molecule has 2 aromatic carbocycles. The maximum atomic E-state index is 14.3. The molecule has 0 aliphatic carbocycles. The highest BCUT2D eigenvalue weighted by molar-refractivity contribution is 7.92. The summed E-state index contributed by atoms with van der Waals surface area (Å²) in [6.07, 6.45) is 1.99. The van der Waals surface area contributed by atoms with Crippen LogP contribution in [0.5, 0.6) is 11.5 Å². The summed E-state index contributed by atoms with van der Waals surface area (Å²) >= 11 is 0. The van der Waals surface area contributed by atoms with E-state index in [-0.39, 0.29) is 37.7 Å². The molecule has 11 heteroatoms. The summed E-state index contributed by atoms with van der Waals surface area (Å²) in [5.74, 6) is -0.184. The van der Waals surface area contributed by atoms with Gasteiger partial charge in [0.2, 0.25) is 21.8 Å². The Morgan fingerprint density at radius 1 is 1.11 bits per heavy atom. The topological polar surface area (TPSA) is 105 Å². The highest BCUT2D eigenvalue weighted by Gasteiger charge is 2.27. The minimum atomic E-state index is -3.66. The molecule has 1 heterocycles. The highest BCUT2D eigenvalue weighted by atomic mass is 32.2. The maximum absolute atomic E-state index is 14.3. The molecule has 2 amide bonds. The van der Waals surface area contributed by atoms with E-state index in [1.165, 1.54) is 15.3 Å². The predicted octanol–water partition coefficient (Wildman–Crippen LogP) is 3.09. The van der Waals surface area contributed by atoms with Gasteiger partial charge in [-0.3, -0.25) is 13.9 Å². The number of amides is 2. The van der Waals surface area contributed by atoms with Crippen molar-refractivity contribution >= 4 is 27.5 Å². The molecule has 9 nitrogen and oxygen atoms in total. The summed E-state index contributed by atoms with van der Waals surface area (Å²) in [5.41, 5.74) is 0.690. The molecular weight excluding hydrogens is 501 g/mol. The standard InChI is InChI=1S/C26H34FN3O6S/c1-4-13-28-26(32)19(2)29(18-20-8-5-6-9-22(20)27)25(31)10-7-14-30(37(3,33)34)21-11-12-23-24(17-21)36-16-15-35-23/h5-6,8-9,11-12,17,19H,4,7,10,13-16,18H2,1-3H3,(H,28,32). The Bertz CT molecular complexity index is 1210. The van der Waals surface area contributed by atoms with Crippen molar-refractivity contribution in [3.8, 4) is 11.5 Å². The van der Waals surface area contributed by atoms with Gasteiger partial charge in [-0.25, -0.2) is 12.8 Å². The number of sulfonamides is 1. The monoisotopic (exact) mass is 535 g/mol. The molecule has 37 heavy (non-hydrogen) atoms. The third kappa shape index (κ3) is 7.58. The van der Waals surface area contributed by atoms with E-state index >= 15 is 0 Å². The number of nitrogens with one attached hydrogen (secondary N) is 1. The Morgan fingerprint density at radius 2 is 1.81 bits per heavy atom. The lowest BCUT2D eigenvalue weighted by molar-refractivity contribution is -0.140. The zero-order chi connectivity index (χ0) is 27.0. The smallest absolute Gasteiger partial charge is 0.242 e. The van der Waals surface area contributed by atoms with Crippen molar-refractivity contribution in [3.05, 3.63) is 53.8 Å². The Balaban J connectivity index is 1.73. The molecule has 1 aliphatic rings. The van der Waals surface area contributed by atoms with E-state index in [4.69, 9.17) is 9.47 Å². The number of hydrogen-bond acceptors (Lipinski definition) is 6. The van der Waals surface area contributed by atoms with E-state index in [2.05, 4.69) is 5.32 Å². The van der Waals surface area contributed by atoms with Gasteiger partial charge in [-0.15, -0.1) is 0 Å². The summed E-state index contributed by atoms with van der Waals surface area (Å²) in [4.78, 5) is 27.2. The summed E-state index contributed by atoms with van der Waals surface area (Å²) in [6, 6.07) is 10.1. The second kappa shape index (κ2) is 12.8. The quantitative estimate of drug-likeness (QED) is 0.448. The average Bonchev–Trinajstić information content (AvgIpc) is 2.87. The van der Waals surface area contributed by atoms with Gasteiger partial charge in [0, 0.05) is 37.7 Å². The van der Waals surface area contributed by atoms with Gasteiger partial charge >= 0.3 is 0 Å². The Morgan fingerprint density at radius 3 is 2.49 bits per heavy atom. The lowest BCUT2D eigenvalue weighted by Crippen LogP contribution is -2.48. The van der Waals surface area contributed by atoms with Crippen molar-refractivity contribution in [2.75, 3.05) is 36.9 Å². The number of carbonyl (C=O) groups is 2. The van der Waals surface area contributed by atoms with E-state index in [0.29, 0.717) is 42.5 Å². The molecule has 0 fully saturated rings. The van der Waals surface area contributed by atoms with Crippen molar-refractivity contribution in [3.63, 3.8) is 0 Å². The van der Waals surface area contributed by atoms with Crippen LogP contribution in [0.25, 0.3) is 0 Å². The molecule has 202 valence electrons. The van der Waals surface area contributed by atoms with Crippen molar-refractivity contribution < 1.29 is 31.9 Å². The molecule has 0 spiro atoms. The second-order valence-corrected chi connectivity index (χ2v) is 10.8. The predicted molar refractivity (Wildman–Crippen MR) is 139 cm³/mol. The lowest BCUT2D eigenvalue weighted by atomic mass is 10.1. The van der Waals surface area contributed by atoms with Crippen LogP contribution in [0.2, 0.25) is 0 Å². The summed E-state index contributed by atoms with van der Waals surface area (Å²) in [7, 11) is -3.66. The molecule has 1 aliphatic heterocycles. The summed E-state index contributed by atoms with van der Waals surface area (Å²) < 4.78 is 51.7. The van der Waals surface area contributed by atoms with Crippen LogP contribution in [0, 0.1) is 5.82 Å². The number of ether oxygens (including phenoxy) is 2. The summed E-state index contributed by atoms with van der Waals surface area (Å²) in [6.45, 7) is 4.72. The van der Waals surface area contributed by atoms with Crippen LogP contribution in [0.15, 0.2) is 42.5 Å². The van der Waals surface area contributed by atoms with Crippen LogP contribution in [0.4, 0.5) is 10.1 Å². The molecule has 0 bridgehead atoms. The molecule has 0 saturated carbocycles. The average molecular weight is 536 g/mol. The van der Waals surface area contributed by atoms with E-state index in [9.17, 15) is 22.4 Å². The van der Waals surface area contributed by atoms with Gasteiger partial charge in [-0.05, 0) is 38.0 Å². The normalized spacial score (nSPS) is 13.5. The largest absolute Gasteiger partial charge is 0.486 e. The van der Waals surface area contributed by atoms with Crippen molar-refractivity contribution in [2.24, 2.45) is 0 Å². The third-order valence-corrected chi connectivity index (χ3v) is 7.18. The molecule has 0 saturated heterocycles. The number of carbonyl (C=O) groups excluding carboxylic acids is 2. The van der Waals surface area contributed by atoms with E-state index in [0.717, 1.165) is 12.7 Å². The number of hydrogen-bond donors (Lipinski definition) is 1. The van der Waals surface area contributed by atoms with Crippen LogP contribution in [-0.2, 0) is 26.2 Å². The Labute approximate surface area is 217 Å². The lowest BCUT2D eigenvalue weighted by Gasteiger charge is -2.29. The van der Waals surface area contributed by atoms with Crippen LogP contribution in [0.1, 0.15) is 38.7 Å². The number of anilines is 1. The van der Waals surface area contributed by atoms with Crippen molar-refractivity contribution in [1.29, 1.82) is 0 Å². The Kier molecular flexibility index (Phi) is 9.73. The van der Waals surface area contributed by atoms with Gasteiger partial charge in [-0.1, -0.05) is 25.1 Å². The minimum Gasteiger partial charge on any atom is -0.486 e. The molecule has 1 N–H and O–H groups in total. The number of rotatable bonds is 12. The molecule has 1 atom stereocenters. The first kappa shape index (κ1) is 28.2. The van der Waals surface area contributed by atoms with E-state index in [1.54, 1.807) is 43.3 Å². The van der Waals surface area contributed by atoms with Crippen molar-refractivity contribution in [1.82, 2.24) is 10.2 Å². The SMILES string of the molecule is CCCNC(=O)C(C)N(Cc1ccccc1F)C(=O)CCCN(c1ccc2c(c1)OCCO2)S(C)(=O)=O. The van der Waals surface area contributed by atoms with Crippen LogP contribution < -0.4 is 19.1 Å². The molecular formula is C26H34FN3O6S. The van der Waals surface area contributed by atoms with Crippen molar-refractivity contribution in [2.45, 2.75) is 45.7 Å². The van der Waals surface area contributed by atoms with Gasteiger partial charge in [0.1, 0.15) is 25.1 Å². The number of fused-ring (bicyclic) bond motifs is 1.